The maximum absolute atomic E-state index is 11.7. The summed E-state index contributed by atoms with van der Waals surface area (Å²) in [5, 5.41) is 10.6. The summed E-state index contributed by atoms with van der Waals surface area (Å²) >= 11 is 0. The lowest BCUT2D eigenvalue weighted by Crippen LogP contribution is -2.55. The molecule has 4 rings (SSSR count). The molecule has 0 aromatic rings. The third kappa shape index (κ3) is 3.16. The second kappa shape index (κ2) is 6.75. The SMILES string of the molecule is COC(=O)CCC1CCC2C3CCC4CC(C)(O)CCC4(C)C3CCC12C. The van der Waals surface area contributed by atoms with Gasteiger partial charge in [0.25, 0.3) is 0 Å². The second-order valence-electron chi connectivity index (χ2n) is 11.3. The Bertz CT molecular complexity index is 584. The fourth-order valence-electron chi connectivity index (χ4n) is 8.41. The molecular weight excluding hydrogens is 336 g/mol. The van der Waals surface area contributed by atoms with Crippen LogP contribution in [0.25, 0.3) is 0 Å². The molecule has 1 N–H and O–H groups in total. The van der Waals surface area contributed by atoms with Crippen LogP contribution < -0.4 is 0 Å². The van der Waals surface area contributed by atoms with Crippen LogP contribution >= 0.6 is 0 Å². The Labute approximate surface area is 165 Å². The fourth-order valence-corrected chi connectivity index (χ4v) is 8.41. The van der Waals surface area contributed by atoms with Crippen molar-refractivity contribution in [2.45, 2.75) is 97.0 Å². The first-order valence-electron chi connectivity index (χ1n) is 11.5. The second-order valence-corrected chi connectivity index (χ2v) is 11.3. The van der Waals surface area contributed by atoms with Gasteiger partial charge in [-0.2, -0.15) is 0 Å². The molecule has 3 nitrogen and oxygen atoms in total. The number of esters is 1. The van der Waals surface area contributed by atoms with E-state index in [1.54, 1.807) is 0 Å². The summed E-state index contributed by atoms with van der Waals surface area (Å²) in [7, 11) is 1.51. The van der Waals surface area contributed by atoms with E-state index in [0.717, 1.165) is 37.0 Å². The summed E-state index contributed by atoms with van der Waals surface area (Å²) in [5.41, 5.74) is 0.432. The molecule has 4 fully saturated rings. The summed E-state index contributed by atoms with van der Waals surface area (Å²) in [5.74, 6) is 3.93. The van der Waals surface area contributed by atoms with Crippen LogP contribution in [0, 0.1) is 40.4 Å². The lowest BCUT2D eigenvalue weighted by molar-refractivity contribution is -0.148. The number of carbonyl (C=O) groups is 1. The minimum absolute atomic E-state index is 0.0435. The van der Waals surface area contributed by atoms with Crippen molar-refractivity contribution >= 4 is 5.97 Å². The molecule has 4 aliphatic rings. The largest absolute Gasteiger partial charge is 0.469 e. The van der Waals surface area contributed by atoms with Gasteiger partial charge in [-0.3, -0.25) is 4.79 Å². The smallest absolute Gasteiger partial charge is 0.305 e. The molecule has 4 aliphatic carbocycles. The lowest BCUT2D eigenvalue weighted by atomic mass is 9.44. The van der Waals surface area contributed by atoms with Gasteiger partial charge in [0, 0.05) is 6.42 Å². The number of aliphatic hydroxyl groups is 1. The number of hydrogen-bond acceptors (Lipinski definition) is 3. The lowest BCUT2D eigenvalue weighted by Gasteiger charge is -2.62. The number of methoxy groups -OCH3 is 1. The molecule has 154 valence electrons. The van der Waals surface area contributed by atoms with E-state index in [4.69, 9.17) is 4.74 Å². The summed E-state index contributed by atoms with van der Waals surface area (Å²) in [6, 6.07) is 0. The Morgan fingerprint density at radius 1 is 0.963 bits per heavy atom. The topological polar surface area (TPSA) is 46.5 Å². The first-order chi connectivity index (χ1) is 12.7. The highest BCUT2D eigenvalue weighted by Crippen LogP contribution is 2.68. The standard InChI is InChI=1S/C24H40O3/c1-22(26)13-14-24(3)17(15-22)5-8-18-19-9-6-16(7-10-21(25)27-4)23(19,2)12-11-20(18)24/h16-20,26H,5-15H2,1-4H3. The fraction of sp³-hybridized carbons (Fsp3) is 0.958. The molecule has 27 heavy (non-hydrogen) atoms. The van der Waals surface area contributed by atoms with Gasteiger partial charge in [0.15, 0.2) is 0 Å². The molecule has 8 atom stereocenters. The zero-order valence-electron chi connectivity index (χ0n) is 17.9. The molecule has 0 radical (unpaired) electrons. The van der Waals surface area contributed by atoms with Crippen LogP contribution in [0.1, 0.15) is 91.4 Å². The highest BCUT2D eigenvalue weighted by Gasteiger charge is 2.60. The third-order valence-electron chi connectivity index (χ3n) is 10.1. The van der Waals surface area contributed by atoms with Crippen LogP contribution in [0.2, 0.25) is 0 Å². The average molecular weight is 377 g/mol. The van der Waals surface area contributed by atoms with E-state index in [0.29, 0.717) is 29.1 Å². The molecular formula is C24H40O3. The Hall–Kier alpha value is -0.570. The minimum Gasteiger partial charge on any atom is -0.469 e. The Morgan fingerprint density at radius 3 is 2.44 bits per heavy atom. The molecule has 8 unspecified atom stereocenters. The summed E-state index contributed by atoms with van der Waals surface area (Å²) in [6.45, 7) is 7.17. The first-order valence-corrected chi connectivity index (χ1v) is 11.5. The van der Waals surface area contributed by atoms with E-state index in [1.165, 1.54) is 52.1 Å². The van der Waals surface area contributed by atoms with Gasteiger partial charge < -0.3 is 9.84 Å². The van der Waals surface area contributed by atoms with Crippen LogP contribution in [-0.2, 0) is 9.53 Å². The highest BCUT2D eigenvalue weighted by atomic mass is 16.5. The molecule has 3 heteroatoms. The van der Waals surface area contributed by atoms with E-state index in [9.17, 15) is 9.90 Å². The van der Waals surface area contributed by atoms with Gasteiger partial charge in [-0.25, -0.2) is 0 Å². The van der Waals surface area contributed by atoms with Crippen LogP contribution in [0.4, 0.5) is 0 Å². The molecule has 0 amide bonds. The number of ether oxygens (including phenoxy) is 1. The van der Waals surface area contributed by atoms with Gasteiger partial charge in [0.1, 0.15) is 0 Å². The molecule has 0 spiro atoms. The van der Waals surface area contributed by atoms with Crippen molar-refractivity contribution in [3.8, 4) is 0 Å². The number of rotatable bonds is 3. The van der Waals surface area contributed by atoms with Gasteiger partial charge in [-0.15, -0.1) is 0 Å². The van der Waals surface area contributed by atoms with Gasteiger partial charge in [0.2, 0.25) is 0 Å². The van der Waals surface area contributed by atoms with Gasteiger partial charge >= 0.3 is 5.97 Å². The van der Waals surface area contributed by atoms with E-state index >= 15 is 0 Å². The number of hydrogen-bond donors (Lipinski definition) is 1. The summed E-state index contributed by atoms with van der Waals surface area (Å²) < 4.78 is 4.89. The Kier molecular flexibility index (Phi) is 4.93. The van der Waals surface area contributed by atoms with E-state index in [-0.39, 0.29) is 5.97 Å². The van der Waals surface area contributed by atoms with Crippen molar-refractivity contribution in [1.82, 2.24) is 0 Å². The molecule has 0 aromatic carbocycles. The van der Waals surface area contributed by atoms with Gasteiger partial charge in [0.05, 0.1) is 12.7 Å². The van der Waals surface area contributed by atoms with E-state index in [1.807, 2.05) is 0 Å². The normalized spacial score (nSPS) is 51.8. The number of carbonyl (C=O) groups excluding carboxylic acids is 1. The molecule has 0 aromatic heterocycles. The van der Waals surface area contributed by atoms with Crippen molar-refractivity contribution in [3.05, 3.63) is 0 Å². The van der Waals surface area contributed by atoms with Crippen LogP contribution in [-0.4, -0.2) is 23.8 Å². The van der Waals surface area contributed by atoms with Crippen LogP contribution in [0.3, 0.4) is 0 Å². The van der Waals surface area contributed by atoms with Crippen LogP contribution in [0.5, 0.6) is 0 Å². The number of fused-ring (bicyclic) bond motifs is 5. The van der Waals surface area contributed by atoms with Crippen LogP contribution in [0.15, 0.2) is 0 Å². The van der Waals surface area contributed by atoms with Crippen molar-refractivity contribution in [2.75, 3.05) is 7.11 Å². The summed E-state index contributed by atoms with van der Waals surface area (Å²) in [6.07, 6.45) is 12.8. The van der Waals surface area contributed by atoms with Gasteiger partial charge in [-0.1, -0.05) is 13.8 Å². The summed E-state index contributed by atoms with van der Waals surface area (Å²) in [4.78, 5) is 11.7. The molecule has 0 bridgehead atoms. The van der Waals surface area contributed by atoms with Crippen molar-refractivity contribution in [1.29, 1.82) is 0 Å². The maximum Gasteiger partial charge on any atom is 0.305 e. The molecule has 0 saturated heterocycles. The highest BCUT2D eigenvalue weighted by molar-refractivity contribution is 5.69. The molecule has 0 aliphatic heterocycles. The third-order valence-corrected chi connectivity index (χ3v) is 10.1. The van der Waals surface area contributed by atoms with Crippen molar-refractivity contribution < 1.29 is 14.6 Å². The van der Waals surface area contributed by atoms with E-state index in [2.05, 4.69) is 20.8 Å². The molecule has 4 saturated carbocycles. The molecule has 0 heterocycles. The predicted octanol–water partition coefficient (Wildman–Crippen LogP) is 5.35. The Balaban J connectivity index is 1.50. The minimum atomic E-state index is -0.438. The zero-order valence-corrected chi connectivity index (χ0v) is 17.9. The van der Waals surface area contributed by atoms with Gasteiger partial charge in [-0.05, 0) is 112 Å². The van der Waals surface area contributed by atoms with Crippen molar-refractivity contribution in [2.24, 2.45) is 40.4 Å². The predicted molar refractivity (Wildman–Crippen MR) is 107 cm³/mol. The average Bonchev–Trinajstić information content (AvgIpc) is 2.96. The zero-order chi connectivity index (χ0) is 19.4. The quantitative estimate of drug-likeness (QED) is 0.675. The monoisotopic (exact) mass is 376 g/mol. The van der Waals surface area contributed by atoms with Crippen molar-refractivity contribution in [3.63, 3.8) is 0 Å². The first kappa shape index (κ1) is 19.7. The maximum atomic E-state index is 11.7. The van der Waals surface area contributed by atoms with E-state index < -0.39 is 5.60 Å². The Morgan fingerprint density at radius 2 is 1.70 bits per heavy atom.